The van der Waals surface area contributed by atoms with Crippen LogP contribution in [-0.2, 0) is 9.47 Å². The number of rotatable bonds is 2. The molecule has 2 nitrogen and oxygen atoms in total. The van der Waals surface area contributed by atoms with Gasteiger partial charge in [-0.3, -0.25) is 0 Å². The van der Waals surface area contributed by atoms with Gasteiger partial charge in [0.1, 0.15) is 5.60 Å². The van der Waals surface area contributed by atoms with Gasteiger partial charge in [-0.1, -0.05) is 6.92 Å². The van der Waals surface area contributed by atoms with Crippen LogP contribution in [0.2, 0.25) is 0 Å². The van der Waals surface area contributed by atoms with Crippen molar-refractivity contribution in [1.29, 1.82) is 0 Å². The van der Waals surface area contributed by atoms with Crippen molar-refractivity contribution in [2.75, 3.05) is 20.3 Å². The summed E-state index contributed by atoms with van der Waals surface area (Å²) < 4.78 is 10.2. The molecule has 48 valence electrons. The maximum Gasteiger partial charge on any atom is 0.114 e. The molecule has 1 aliphatic rings. The number of methoxy groups -OCH3 is 1. The number of hydrogen-bond acceptors (Lipinski definition) is 2. The molecule has 8 heavy (non-hydrogen) atoms. The quantitative estimate of drug-likeness (QED) is 0.531. The third-order valence-electron chi connectivity index (χ3n) is 1.81. The monoisotopic (exact) mass is 116 g/mol. The predicted octanol–water partition coefficient (Wildman–Crippen LogP) is 0.812. The zero-order valence-electron chi connectivity index (χ0n) is 5.44. The van der Waals surface area contributed by atoms with Crippen LogP contribution in [0, 0.1) is 0 Å². The Morgan fingerprint density at radius 3 is 2.25 bits per heavy atom. The second-order valence-electron chi connectivity index (χ2n) is 2.23. The molecule has 0 spiro atoms. The Morgan fingerprint density at radius 1 is 1.62 bits per heavy atom. The largest absolute Gasteiger partial charge is 0.375 e. The fraction of sp³-hybridized carbons (Fsp3) is 1.00. The Balaban J connectivity index is 2.33. The van der Waals surface area contributed by atoms with Crippen molar-refractivity contribution < 1.29 is 9.47 Å². The SMILES string of the molecule is CCC1(OC)COC1. The molecule has 0 unspecified atom stereocenters. The van der Waals surface area contributed by atoms with Crippen molar-refractivity contribution in [3.8, 4) is 0 Å². The molecule has 1 aliphatic heterocycles. The van der Waals surface area contributed by atoms with Gasteiger partial charge in [0.2, 0.25) is 0 Å². The van der Waals surface area contributed by atoms with Gasteiger partial charge in [-0.15, -0.1) is 0 Å². The summed E-state index contributed by atoms with van der Waals surface area (Å²) in [6, 6.07) is 0. The Bertz CT molecular complexity index is 63.1. The van der Waals surface area contributed by atoms with Crippen molar-refractivity contribution in [2.45, 2.75) is 18.9 Å². The van der Waals surface area contributed by atoms with E-state index in [9.17, 15) is 0 Å². The van der Waals surface area contributed by atoms with Crippen molar-refractivity contribution in [2.24, 2.45) is 0 Å². The van der Waals surface area contributed by atoms with Crippen LogP contribution < -0.4 is 0 Å². The Labute approximate surface area is 49.8 Å². The molecule has 0 atom stereocenters. The van der Waals surface area contributed by atoms with E-state index in [1.165, 1.54) is 0 Å². The van der Waals surface area contributed by atoms with Gasteiger partial charge in [0.15, 0.2) is 0 Å². The van der Waals surface area contributed by atoms with E-state index in [-0.39, 0.29) is 5.60 Å². The van der Waals surface area contributed by atoms with E-state index < -0.39 is 0 Å². The van der Waals surface area contributed by atoms with Gasteiger partial charge in [-0.25, -0.2) is 0 Å². The van der Waals surface area contributed by atoms with Crippen LogP contribution in [0.3, 0.4) is 0 Å². The van der Waals surface area contributed by atoms with Gasteiger partial charge in [0.25, 0.3) is 0 Å². The highest BCUT2D eigenvalue weighted by Crippen LogP contribution is 2.23. The Morgan fingerprint density at radius 2 is 2.25 bits per heavy atom. The molecule has 1 saturated heterocycles. The van der Waals surface area contributed by atoms with Gasteiger partial charge >= 0.3 is 0 Å². The summed E-state index contributed by atoms with van der Waals surface area (Å²) in [7, 11) is 1.74. The summed E-state index contributed by atoms with van der Waals surface area (Å²) in [5.41, 5.74) is 0.0833. The summed E-state index contributed by atoms with van der Waals surface area (Å²) in [4.78, 5) is 0. The first-order valence-electron chi connectivity index (χ1n) is 2.96. The highest BCUT2D eigenvalue weighted by atomic mass is 16.6. The van der Waals surface area contributed by atoms with Crippen LogP contribution in [0.15, 0.2) is 0 Å². The van der Waals surface area contributed by atoms with Crippen LogP contribution in [0.1, 0.15) is 13.3 Å². The topological polar surface area (TPSA) is 18.5 Å². The van der Waals surface area contributed by atoms with Crippen LogP contribution in [0.25, 0.3) is 0 Å². The molecule has 0 saturated carbocycles. The Kier molecular flexibility index (Phi) is 1.54. The molecule has 0 aromatic carbocycles. The third kappa shape index (κ3) is 0.740. The van der Waals surface area contributed by atoms with E-state index in [1.54, 1.807) is 7.11 Å². The van der Waals surface area contributed by atoms with Gasteiger partial charge in [-0.05, 0) is 6.42 Å². The fourth-order valence-corrected chi connectivity index (χ4v) is 0.796. The molecule has 0 radical (unpaired) electrons. The molecular formula is C6H12O2. The summed E-state index contributed by atoms with van der Waals surface area (Å²) in [5.74, 6) is 0. The minimum Gasteiger partial charge on any atom is -0.375 e. The molecule has 1 rings (SSSR count). The minimum absolute atomic E-state index is 0.0833. The summed E-state index contributed by atoms with van der Waals surface area (Å²) >= 11 is 0. The Hall–Kier alpha value is -0.0800. The number of ether oxygens (including phenoxy) is 2. The highest BCUT2D eigenvalue weighted by Gasteiger charge is 2.36. The maximum atomic E-state index is 5.20. The maximum absolute atomic E-state index is 5.20. The van der Waals surface area contributed by atoms with E-state index in [0.717, 1.165) is 19.6 Å². The van der Waals surface area contributed by atoms with E-state index in [4.69, 9.17) is 9.47 Å². The van der Waals surface area contributed by atoms with Crippen LogP contribution in [0.4, 0.5) is 0 Å². The molecule has 0 aromatic rings. The van der Waals surface area contributed by atoms with Crippen molar-refractivity contribution in [3.63, 3.8) is 0 Å². The minimum atomic E-state index is 0.0833. The fourth-order valence-electron chi connectivity index (χ4n) is 0.796. The first kappa shape index (κ1) is 6.05. The predicted molar refractivity (Wildman–Crippen MR) is 30.8 cm³/mol. The molecule has 0 N–H and O–H groups in total. The molecule has 0 bridgehead atoms. The molecule has 2 heteroatoms. The standard InChI is InChI=1S/C6H12O2/c1-3-6(7-2)4-8-5-6/h3-5H2,1-2H3. The first-order chi connectivity index (χ1) is 3.83. The first-order valence-corrected chi connectivity index (χ1v) is 2.96. The molecule has 1 fully saturated rings. The average Bonchev–Trinajstić information content (AvgIpc) is 1.67. The second-order valence-corrected chi connectivity index (χ2v) is 2.23. The van der Waals surface area contributed by atoms with E-state index in [2.05, 4.69) is 6.92 Å². The van der Waals surface area contributed by atoms with Gasteiger partial charge in [-0.2, -0.15) is 0 Å². The van der Waals surface area contributed by atoms with Gasteiger partial charge in [0, 0.05) is 7.11 Å². The van der Waals surface area contributed by atoms with Crippen LogP contribution in [0.5, 0.6) is 0 Å². The van der Waals surface area contributed by atoms with Gasteiger partial charge in [0.05, 0.1) is 13.2 Å². The lowest BCUT2D eigenvalue weighted by Crippen LogP contribution is -2.50. The zero-order chi connectivity index (χ0) is 6.04. The van der Waals surface area contributed by atoms with Crippen molar-refractivity contribution in [1.82, 2.24) is 0 Å². The third-order valence-corrected chi connectivity index (χ3v) is 1.81. The summed E-state index contributed by atoms with van der Waals surface area (Å²) in [5, 5.41) is 0. The summed E-state index contributed by atoms with van der Waals surface area (Å²) in [6.45, 7) is 3.67. The number of hydrogen-bond donors (Lipinski definition) is 0. The lowest BCUT2D eigenvalue weighted by molar-refractivity contribution is -0.196. The van der Waals surface area contributed by atoms with Gasteiger partial charge < -0.3 is 9.47 Å². The zero-order valence-corrected chi connectivity index (χ0v) is 5.44. The molecule has 0 aromatic heterocycles. The van der Waals surface area contributed by atoms with Crippen molar-refractivity contribution >= 4 is 0 Å². The van der Waals surface area contributed by atoms with E-state index in [1.807, 2.05) is 0 Å². The smallest absolute Gasteiger partial charge is 0.114 e. The highest BCUT2D eigenvalue weighted by molar-refractivity contribution is 4.85. The van der Waals surface area contributed by atoms with Crippen LogP contribution >= 0.6 is 0 Å². The molecule has 1 heterocycles. The second kappa shape index (κ2) is 2.03. The van der Waals surface area contributed by atoms with E-state index in [0.29, 0.717) is 0 Å². The normalized spacial score (nSPS) is 24.8. The lowest BCUT2D eigenvalue weighted by Gasteiger charge is -2.39. The molecular weight excluding hydrogens is 104 g/mol. The van der Waals surface area contributed by atoms with E-state index >= 15 is 0 Å². The molecule has 0 aliphatic carbocycles. The summed E-state index contributed by atoms with van der Waals surface area (Å²) in [6.07, 6.45) is 1.06. The average molecular weight is 116 g/mol. The van der Waals surface area contributed by atoms with Crippen molar-refractivity contribution in [3.05, 3.63) is 0 Å². The lowest BCUT2D eigenvalue weighted by atomic mass is 9.99. The van der Waals surface area contributed by atoms with Crippen LogP contribution in [-0.4, -0.2) is 25.9 Å². The molecule has 0 amide bonds.